The van der Waals surface area contributed by atoms with Crippen LogP contribution >= 0.6 is 0 Å². The second-order valence-corrected chi connectivity index (χ2v) is 17.8. The van der Waals surface area contributed by atoms with Crippen molar-refractivity contribution < 1.29 is 28.6 Å². The lowest BCUT2D eigenvalue weighted by Gasteiger charge is -2.18. The summed E-state index contributed by atoms with van der Waals surface area (Å²) in [7, 11) is 0. The molecular weight excluding hydrogens is 841 g/mol. The van der Waals surface area contributed by atoms with Gasteiger partial charge in [-0.2, -0.15) is 0 Å². The van der Waals surface area contributed by atoms with Gasteiger partial charge < -0.3 is 14.2 Å². The zero-order valence-electron chi connectivity index (χ0n) is 43.8. The minimum atomic E-state index is -0.843. The fraction of sp³-hybridized carbons (Fsp3) is 0.629. The van der Waals surface area contributed by atoms with Gasteiger partial charge in [-0.3, -0.25) is 14.4 Å². The molecule has 0 rings (SSSR count). The van der Waals surface area contributed by atoms with Crippen molar-refractivity contribution in [2.24, 2.45) is 0 Å². The van der Waals surface area contributed by atoms with Gasteiger partial charge in [-0.25, -0.2) is 0 Å². The molecule has 0 amide bonds. The minimum Gasteiger partial charge on any atom is -0.462 e. The van der Waals surface area contributed by atoms with Gasteiger partial charge in [0.25, 0.3) is 0 Å². The number of ether oxygens (including phenoxy) is 3. The first-order valence-corrected chi connectivity index (χ1v) is 27.6. The first-order valence-electron chi connectivity index (χ1n) is 27.6. The van der Waals surface area contributed by atoms with Crippen LogP contribution < -0.4 is 0 Å². The summed E-state index contributed by atoms with van der Waals surface area (Å²) in [6.45, 7) is 6.37. The molecule has 0 aromatic rings. The molecule has 0 fully saturated rings. The number of carbonyl (C=O) groups is 3. The molecule has 0 radical (unpaired) electrons. The van der Waals surface area contributed by atoms with Crippen molar-refractivity contribution in [2.75, 3.05) is 13.2 Å². The van der Waals surface area contributed by atoms with Crippen LogP contribution in [0.25, 0.3) is 0 Å². The van der Waals surface area contributed by atoms with E-state index in [-0.39, 0.29) is 50.4 Å². The van der Waals surface area contributed by atoms with E-state index in [2.05, 4.69) is 124 Å². The van der Waals surface area contributed by atoms with Crippen molar-refractivity contribution in [1.29, 1.82) is 0 Å². The lowest BCUT2D eigenvalue weighted by molar-refractivity contribution is -0.166. The summed E-state index contributed by atoms with van der Waals surface area (Å²) in [5, 5.41) is 0. The quantitative estimate of drug-likeness (QED) is 0.0199. The van der Waals surface area contributed by atoms with Gasteiger partial charge in [0.2, 0.25) is 0 Å². The molecule has 0 heterocycles. The average Bonchev–Trinajstić information content (AvgIpc) is 3.34. The van der Waals surface area contributed by atoms with Gasteiger partial charge in [-0.05, 0) is 103 Å². The summed E-state index contributed by atoms with van der Waals surface area (Å²) in [6, 6.07) is 0. The molecule has 0 aliphatic heterocycles. The molecule has 6 nitrogen and oxygen atoms in total. The minimum absolute atomic E-state index is 0.141. The van der Waals surface area contributed by atoms with Crippen LogP contribution in [0.4, 0.5) is 0 Å². The van der Waals surface area contributed by atoms with E-state index in [1.54, 1.807) is 0 Å². The van der Waals surface area contributed by atoms with E-state index >= 15 is 0 Å². The molecule has 0 aromatic carbocycles. The fourth-order valence-corrected chi connectivity index (χ4v) is 7.10. The number of hydrogen-bond donors (Lipinski definition) is 0. The van der Waals surface area contributed by atoms with E-state index in [9.17, 15) is 14.4 Å². The van der Waals surface area contributed by atoms with Crippen LogP contribution in [0, 0.1) is 0 Å². The molecule has 0 saturated heterocycles. The highest BCUT2D eigenvalue weighted by molar-refractivity contribution is 5.71. The van der Waals surface area contributed by atoms with Crippen molar-refractivity contribution in [3.8, 4) is 0 Å². The highest BCUT2D eigenvalue weighted by atomic mass is 16.6. The lowest BCUT2D eigenvalue weighted by Crippen LogP contribution is -2.30. The third kappa shape index (κ3) is 52.8. The first kappa shape index (κ1) is 63.8. The number of rotatable bonds is 48. The topological polar surface area (TPSA) is 78.9 Å². The van der Waals surface area contributed by atoms with Crippen LogP contribution in [-0.2, 0) is 28.6 Å². The Bertz CT molecular complexity index is 1450. The Kier molecular flexibility index (Phi) is 52.0. The van der Waals surface area contributed by atoms with E-state index in [1.807, 2.05) is 18.2 Å². The first-order chi connectivity index (χ1) is 33.5. The van der Waals surface area contributed by atoms with Gasteiger partial charge in [-0.15, -0.1) is 0 Å². The van der Waals surface area contributed by atoms with E-state index < -0.39 is 6.10 Å². The summed E-state index contributed by atoms with van der Waals surface area (Å²) in [5.74, 6) is -1.11. The Morgan fingerprint density at radius 1 is 0.324 bits per heavy atom. The van der Waals surface area contributed by atoms with Gasteiger partial charge in [0, 0.05) is 19.3 Å². The van der Waals surface area contributed by atoms with E-state index in [4.69, 9.17) is 14.2 Å². The second kappa shape index (κ2) is 55.4. The van der Waals surface area contributed by atoms with Gasteiger partial charge >= 0.3 is 17.9 Å². The SMILES string of the molecule is CC/C=C\C/C=C\C/C=C\C/C=C\C/C=C\C/C=C\CCC(=O)OCC(COC(=O)CC/C=C\C/C=C\CCCCCCCC)OC(=O)CCCCCCC/C=C\C=C/CCCCCCCCC. The Morgan fingerprint density at radius 2 is 0.647 bits per heavy atom. The van der Waals surface area contributed by atoms with E-state index in [1.165, 1.54) is 89.9 Å². The third-order valence-electron chi connectivity index (χ3n) is 11.2. The summed E-state index contributed by atoms with van der Waals surface area (Å²) >= 11 is 0. The predicted octanol–water partition coefficient (Wildman–Crippen LogP) is 18.5. The molecule has 6 heteroatoms. The third-order valence-corrected chi connectivity index (χ3v) is 11.2. The van der Waals surface area contributed by atoms with Gasteiger partial charge in [0.1, 0.15) is 13.2 Å². The Labute approximate surface area is 418 Å². The number of carbonyl (C=O) groups excluding carboxylic acids is 3. The van der Waals surface area contributed by atoms with E-state index in [0.29, 0.717) is 12.8 Å². The monoisotopic (exact) mass is 941 g/mol. The summed E-state index contributed by atoms with van der Waals surface area (Å²) in [4.78, 5) is 38.0. The molecular formula is C62H100O6. The summed E-state index contributed by atoms with van der Waals surface area (Å²) in [5.41, 5.74) is 0. The molecule has 0 bridgehead atoms. The molecule has 0 saturated carbocycles. The number of hydrogen-bond acceptors (Lipinski definition) is 6. The molecule has 384 valence electrons. The highest BCUT2D eigenvalue weighted by Gasteiger charge is 2.19. The maximum absolute atomic E-state index is 12.8. The van der Waals surface area contributed by atoms with Crippen LogP contribution in [0.1, 0.15) is 233 Å². The molecule has 1 unspecified atom stereocenters. The largest absolute Gasteiger partial charge is 0.462 e. The second-order valence-electron chi connectivity index (χ2n) is 17.8. The van der Waals surface area contributed by atoms with Crippen molar-refractivity contribution in [2.45, 2.75) is 239 Å². The van der Waals surface area contributed by atoms with Crippen LogP contribution in [0.5, 0.6) is 0 Å². The number of esters is 3. The van der Waals surface area contributed by atoms with Crippen LogP contribution in [-0.4, -0.2) is 37.2 Å². The maximum atomic E-state index is 12.8. The van der Waals surface area contributed by atoms with Gasteiger partial charge in [0.05, 0.1) is 0 Å². The Balaban J connectivity index is 4.59. The van der Waals surface area contributed by atoms with E-state index in [0.717, 1.165) is 89.9 Å². The summed E-state index contributed by atoms with van der Waals surface area (Å²) in [6.07, 6.45) is 76.4. The van der Waals surface area contributed by atoms with Crippen LogP contribution in [0.2, 0.25) is 0 Å². The normalized spacial score (nSPS) is 13.0. The standard InChI is InChI=1S/C62H100O6/c1-4-7-10-13-16-19-22-25-27-29-31-33-34-37-40-43-46-49-52-55-61(64)67-58-59(57-66-60(63)54-51-48-45-42-39-36-24-21-18-15-12-9-6-3)68-62(65)56-53-50-47-44-41-38-35-32-30-28-26-23-20-17-14-11-8-5-2/h7,10,16,19,25,27-28,30-33,35-37,39-40,45-46,48-49,59H,4-6,8-9,11-15,17-18,20-24,26,29,34,38,41-44,47,50-58H2,1-3H3/b10-7-,19-16-,27-25-,30-28-,33-31-,35-32-,39-36-,40-37-,48-45-,49-46-. The van der Waals surface area contributed by atoms with Gasteiger partial charge in [0.15, 0.2) is 6.10 Å². The van der Waals surface area contributed by atoms with Crippen molar-refractivity contribution in [1.82, 2.24) is 0 Å². The lowest BCUT2D eigenvalue weighted by atomic mass is 10.1. The maximum Gasteiger partial charge on any atom is 0.306 e. The summed E-state index contributed by atoms with van der Waals surface area (Å²) < 4.78 is 16.7. The Hall–Kier alpha value is -4.19. The van der Waals surface area contributed by atoms with Crippen LogP contribution in [0.15, 0.2) is 122 Å². The predicted molar refractivity (Wildman–Crippen MR) is 293 cm³/mol. The molecule has 0 aliphatic carbocycles. The van der Waals surface area contributed by atoms with Crippen molar-refractivity contribution in [3.05, 3.63) is 122 Å². The highest BCUT2D eigenvalue weighted by Crippen LogP contribution is 2.12. The van der Waals surface area contributed by atoms with Gasteiger partial charge in [-0.1, -0.05) is 232 Å². The molecule has 0 aromatic heterocycles. The molecule has 0 N–H and O–H groups in total. The average molecular weight is 941 g/mol. The zero-order chi connectivity index (χ0) is 49.3. The molecule has 0 spiro atoms. The van der Waals surface area contributed by atoms with Crippen molar-refractivity contribution in [3.63, 3.8) is 0 Å². The Morgan fingerprint density at radius 3 is 1.04 bits per heavy atom. The molecule has 1 atom stereocenters. The van der Waals surface area contributed by atoms with Crippen LogP contribution in [0.3, 0.4) is 0 Å². The molecule has 0 aliphatic rings. The number of unbranched alkanes of at least 4 members (excludes halogenated alkanes) is 18. The van der Waals surface area contributed by atoms with Crippen molar-refractivity contribution >= 4 is 17.9 Å². The number of allylic oxidation sites excluding steroid dienone is 20. The smallest absolute Gasteiger partial charge is 0.306 e. The zero-order valence-corrected chi connectivity index (χ0v) is 43.8. The fourth-order valence-electron chi connectivity index (χ4n) is 7.10. The molecule has 68 heavy (non-hydrogen) atoms.